The van der Waals surface area contributed by atoms with E-state index in [0.717, 1.165) is 22.4 Å². The van der Waals surface area contributed by atoms with Crippen LogP contribution in [0, 0.1) is 13.8 Å². The van der Waals surface area contributed by atoms with Gasteiger partial charge in [-0.25, -0.2) is 9.78 Å². The number of para-hydroxylation sites is 1. The molecule has 1 N–H and O–H groups in total. The first-order valence-electron chi connectivity index (χ1n) is 7.02. The highest BCUT2D eigenvalue weighted by atomic mass is 16.4. The second kappa shape index (κ2) is 5.48. The largest absolute Gasteiger partial charge is 0.476 e. The van der Waals surface area contributed by atoms with Crippen LogP contribution in [0.5, 0.6) is 0 Å². The van der Waals surface area contributed by atoms with Crippen molar-refractivity contribution in [2.75, 3.05) is 0 Å². The van der Waals surface area contributed by atoms with E-state index < -0.39 is 5.97 Å². The fraction of sp³-hybridized carbons (Fsp3) is 0.111. The Labute approximate surface area is 128 Å². The highest BCUT2D eigenvalue weighted by molar-refractivity contribution is 5.86. The molecule has 110 valence electrons. The molecule has 0 amide bonds. The second-order valence-corrected chi connectivity index (χ2v) is 5.28. The van der Waals surface area contributed by atoms with Crippen LogP contribution in [0.3, 0.4) is 0 Å². The summed E-state index contributed by atoms with van der Waals surface area (Å²) >= 11 is 0. The molecule has 1 aromatic heterocycles. The SMILES string of the molecule is Cc1ccc(-c2nc(C(=O)O)cn2-c2ccccc2C)cc1. The van der Waals surface area contributed by atoms with Crippen molar-refractivity contribution in [2.45, 2.75) is 13.8 Å². The summed E-state index contributed by atoms with van der Waals surface area (Å²) in [5.74, 6) is -0.396. The van der Waals surface area contributed by atoms with Gasteiger partial charge < -0.3 is 5.11 Å². The number of aryl methyl sites for hydroxylation is 2. The van der Waals surface area contributed by atoms with E-state index >= 15 is 0 Å². The van der Waals surface area contributed by atoms with Crippen molar-refractivity contribution in [2.24, 2.45) is 0 Å². The summed E-state index contributed by atoms with van der Waals surface area (Å²) in [6.07, 6.45) is 1.57. The van der Waals surface area contributed by atoms with Crippen molar-refractivity contribution in [1.82, 2.24) is 9.55 Å². The molecular formula is C18H16N2O2. The molecule has 0 unspecified atom stereocenters. The molecule has 3 rings (SSSR count). The monoisotopic (exact) mass is 292 g/mol. The van der Waals surface area contributed by atoms with Gasteiger partial charge in [0.25, 0.3) is 0 Å². The van der Waals surface area contributed by atoms with Gasteiger partial charge in [0.05, 0.1) is 0 Å². The third kappa shape index (κ3) is 2.51. The predicted molar refractivity (Wildman–Crippen MR) is 85.4 cm³/mol. The average Bonchev–Trinajstić information content (AvgIpc) is 2.94. The molecule has 0 aliphatic heterocycles. The second-order valence-electron chi connectivity index (χ2n) is 5.28. The smallest absolute Gasteiger partial charge is 0.356 e. The maximum Gasteiger partial charge on any atom is 0.356 e. The van der Waals surface area contributed by atoms with Gasteiger partial charge in [0, 0.05) is 17.4 Å². The van der Waals surface area contributed by atoms with Crippen LogP contribution < -0.4 is 0 Å². The van der Waals surface area contributed by atoms with Crippen LogP contribution in [-0.4, -0.2) is 20.6 Å². The summed E-state index contributed by atoms with van der Waals surface area (Å²) in [6.45, 7) is 4.01. The zero-order chi connectivity index (χ0) is 15.7. The van der Waals surface area contributed by atoms with Crippen LogP contribution in [0.15, 0.2) is 54.7 Å². The highest BCUT2D eigenvalue weighted by Gasteiger charge is 2.16. The fourth-order valence-electron chi connectivity index (χ4n) is 2.41. The topological polar surface area (TPSA) is 55.1 Å². The lowest BCUT2D eigenvalue weighted by molar-refractivity contribution is 0.0691. The van der Waals surface area contributed by atoms with E-state index in [1.807, 2.05) is 66.9 Å². The van der Waals surface area contributed by atoms with Gasteiger partial charge >= 0.3 is 5.97 Å². The van der Waals surface area contributed by atoms with Crippen molar-refractivity contribution < 1.29 is 9.90 Å². The lowest BCUT2D eigenvalue weighted by Gasteiger charge is -2.10. The maximum absolute atomic E-state index is 11.3. The number of imidazole rings is 1. The van der Waals surface area contributed by atoms with Gasteiger partial charge in [-0.3, -0.25) is 4.57 Å². The minimum atomic E-state index is -1.03. The number of rotatable bonds is 3. The van der Waals surface area contributed by atoms with Crippen LogP contribution in [0.25, 0.3) is 17.1 Å². The normalized spacial score (nSPS) is 10.6. The van der Waals surface area contributed by atoms with E-state index in [0.29, 0.717) is 5.82 Å². The van der Waals surface area contributed by atoms with Gasteiger partial charge in [0.2, 0.25) is 0 Å². The Kier molecular flexibility index (Phi) is 3.51. The number of carboxylic acid groups (broad SMARTS) is 1. The number of carboxylic acids is 1. The number of carbonyl (C=O) groups is 1. The van der Waals surface area contributed by atoms with Crippen molar-refractivity contribution >= 4 is 5.97 Å². The Morgan fingerprint density at radius 2 is 1.73 bits per heavy atom. The van der Waals surface area contributed by atoms with Gasteiger partial charge in [0.15, 0.2) is 5.69 Å². The molecule has 4 nitrogen and oxygen atoms in total. The number of aromatic carboxylic acids is 1. The zero-order valence-corrected chi connectivity index (χ0v) is 12.4. The minimum absolute atomic E-state index is 0.0406. The molecule has 0 aliphatic carbocycles. The first-order valence-corrected chi connectivity index (χ1v) is 7.02. The van der Waals surface area contributed by atoms with E-state index in [-0.39, 0.29) is 5.69 Å². The molecule has 3 aromatic rings. The minimum Gasteiger partial charge on any atom is -0.476 e. The molecule has 0 bridgehead atoms. The molecule has 2 aromatic carbocycles. The Balaban J connectivity index is 2.23. The van der Waals surface area contributed by atoms with E-state index in [1.165, 1.54) is 0 Å². The third-order valence-corrected chi connectivity index (χ3v) is 3.61. The van der Waals surface area contributed by atoms with Crippen molar-refractivity contribution in [1.29, 1.82) is 0 Å². The molecule has 0 fully saturated rings. The molecule has 0 aliphatic rings. The Morgan fingerprint density at radius 1 is 1.05 bits per heavy atom. The average molecular weight is 292 g/mol. The van der Waals surface area contributed by atoms with Gasteiger partial charge in [-0.05, 0) is 25.5 Å². The van der Waals surface area contributed by atoms with Gasteiger partial charge in [-0.2, -0.15) is 0 Å². The van der Waals surface area contributed by atoms with E-state index in [1.54, 1.807) is 6.20 Å². The van der Waals surface area contributed by atoms with Crippen molar-refractivity contribution in [3.05, 3.63) is 71.5 Å². The number of nitrogens with zero attached hydrogens (tertiary/aromatic N) is 2. The Hall–Kier alpha value is -2.88. The molecule has 4 heteroatoms. The summed E-state index contributed by atoms with van der Waals surface area (Å²) in [7, 11) is 0. The van der Waals surface area contributed by atoms with Crippen LogP contribution in [0.4, 0.5) is 0 Å². The molecule has 0 atom stereocenters. The van der Waals surface area contributed by atoms with Crippen molar-refractivity contribution in [3.8, 4) is 17.1 Å². The summed E-state index contributed by atoms with van der Waals surface area (Å²) in [5.41, 5.74) is 4.07. The van der Waals surface area contributed by atoms with Crippen LogP contribution in [-0.2, 0) is 0 Å². The summed E-state index contributed by atoms with van der Waals surface area (Å²) in [6, 6.07) is 15.7. The van der Waals surface area contributed by atoms with Gasteiger partial charge in [-0.1, -0.05) is 48.0 Å². The summed E-state index contributed by atoms with van der Waals surface area (Å²) < 4.78 is 1.84. The van der Waals surface area contributed by atoms with Gasteiger partial charge in [0.1, 0.15) is 5.82 Å². The van der Waals surface area contributed by atoms with Gasteiger partial charge in [-0.15, -0.1) is 0 Å². The first kappa shape index (κ1) is 14.1. The van der Waals surface area contributed by atoms with E-state index in [9.17, 15) is 9.90 Å². The predicted octanol–water partition coefficient (Wildman–Crippen LogP) is 3.85. The maximum atomic E-state index is 11.3. The number of hydrogen-bond acceptors (Lipinski definition) is 2. The molecule has 0 radical (unpaired) electrons. The fourth-order valence-corrected chi connectivity index (χ4v) is 2.41. The molecule has 22 heavy (non-hydrogen) atoms. The number of hydrogen-bond donors (Lipinski definition) is 1. The molecule has 1 heterocycles. The Bertz CT molecular complexity index is 833. The first-order chi connectivity index (χ1) is 10.6. The third-order valence-electron chi connectivity index (χ3n) is 3.61. The standard InChI is InChI=1S/C18H16N2O2/c1-12-7-9-14(10-8-12)17-19-15(18(21)22)11-20(17)16-6-4-3-5-13(16)2/h3-11H,1-2H3,(H,21,22). The number of aromatic nitrogens is 2. The highest BCUT2D eigenvalue weighted by Crippen LogP contribution is 2.25. The quantitative estimate of drug-likeness (QED) is 0.797. The molecular weight excluding hydrogens is 276 g/mol. The summed E-state index contributed by atoms with van der Waals surface area (Å²) in [5, 5.41) is 9.25. The molecule has 0 saturated heterocycles. The van der Waals surface area contributed by atoms with Crippen LogP contribution in [0.1, 0.15) is 21.6 Å². The van der Waals surface area contributed by atoms with Crippen LogP contribution >= 0.6 is 0 Å². The lowest BCUT2D eigenvalue weighted by atomic mass is 10.1. The van der Waals surface area contributed by atoms with E-state index in [4.69, 9.17) is 0 Å². The number of benzene rings is 2. The van der Waals surface area contributed by atoms with Crippen molar-refractivity contribution in [3.63, 3.8) is 0 Å². The van der Waals surface area contributed by atoms with Crippen LogP contribution in [0.2, 0.25) is 0 Å². The summed E-state index contributed by atoms with van der Waals surface area (Å²) in [4.78, 5) is 15.6. The van der Waals surface area contributed by atoms with E-state index in [2.05, 4.69) is 4.98 Å². The Morgan fingerprint density at radius 3 is 2.36 bits per heavy atom. The lowest BCUT2D eigenvalue weighted by Crippen LogP contribution is -1.98. The zero-order valence-electron chi connectivity index (χ0n) is 12.4. The molecule has 0 saturated carbocycles. The molecule has 0 spiro atoms.